The highest BCUT2D eigenvalue weighted by molar-refractivity contribution is 7.89. The van der Waals surface area contributed by atoms with E-state index in [4.69, 9.17) is 4.84 Å². The second-order valence-corrected chi connectivity index (χ2v) is 6.64. The molecule has 0 saturated carbocycles. The number of benzene rings is 1. The molecule has 6 nitrogen and oxygen atoms in total. The fourth-order valence-corrected chi connectivity index (χ4v) is 2.71. The molecule has 7 heteroatoms. The fourth-order valence-electron chi connectivity index (χ4n) is 1.73. The third kappa shape index (κ3) is 4.26. The number of unbranched alkanes of at least 4 members (excludes halogenated alkanes) is 1. The fraction of sp³-hybridized carbons (Fsp3) is 0.500. The quantitative estimate of drug-likeness (QED) is 0.719. The largest absolute Gasteiger partial charge is 0.342 e. The van der Waals surface area contributed by atoms with Gasteiger partial charge in [-0.05, 0) is 30.7 Å². The molecule has 0 aliphatic carbocycles. The minimum atomic E-state index is -3.68. The maximum Gasteiger partial charge on any atom is 0.264 e. The van der Waals surface area contributed by atoms with E-state index in [0.29, 0.717) is 12.1 Å². The standard InChI is InChI=1S/C14H22N2O4S/c1-5-6-11-15(2)14(17)12-7-9-13(10-8-12)21(18,19)16(3)20-4/h7-10H,5-6,11H2,1-4H3. The Labute approximate surface area is 126 Å². The van der Waals surface area contributed by atoms with Gasteiger partial charge in [-0.15, -0.1) is 0 Å². The molecular formula is C14H22N2O4S. The van der Waals surface area contributed by atoms with Crippen LogP contribution in [0.2, 0.25) is 0 Å². The van der Waals surface area contributed by atoms with Crippen molar-refractivity contribution in [2.45, 2.75) is 24.7 Å². The Morgan fingerprint density at radius 1 is 1.19 bits per heavy atom. The van der Waals surface area contributed by atoms with Crippen molar-refractivity contribution in [2.24, 2.45) is 0 Å². The number of carbonyl (C=O) groups excluding carboxylic acids is 1. The van der Waals surface area contributed by atoms with Crippen molar-refractivity contribution in [3.8, 4) is 0 Å². The van der Waals surface area contributed by atoms with Crippen LogP contribution in [-0.4, -0.2) is 51.4 Å². The number of amides is 1. The highest BCUT2D eigenvalue weighted by Crippen LogP contribution is 2.16. The normalized spacial score (nSPS) is 11.7. The predicted octanol–water partition coefficient (Wildman–Crippen LogP) is 1.74. The Balaban J connectivity index is 2.90. The molecule has 0 bridgehead atoms. The van der Waals surface area contributed by atoms with Crippen molar-refractivity contribution in [3.05, 3.63) is 29.8 Å². The summed E-state index contributed by atoms with van der Waals surface area (Å²) in [6, 6.07) is 5.85. The SMILES string of the molecule is CCCCN(C)C(=O)c1ccc(S(=O)(=O)N(C)OC)cc1. The number of hydrogen-bond donors (Lipinski definition) is 0. The third-order valence-corrected chi connectivity index (χ3v) is 4.88. The van der Waals surface area contributed by atoms with Gasteiger partial charge in [-0.25, -0.2) is 8.42 Å². The lowest BCUT2D eigenvalue weighted by Gasteiger charge is -2.17. The highest BCUT2D eigenvalue weighted by atomic mass is 32.2. The van der Waals surface area contributed by atoms with E-state index in [-0.39, 0.29) is 10.8 Å². The zero-order valence-electron chi connectivity index (χ0n) is 12.9. The summed E-state index contributed by atoms with van der Waals surface area (Å²) in [5.74, 6) is -0.118. The van der Waals surface area contributed by atoms with Gasteiger partial charge in [0.2, 0.25) is 0 Å². The molecule has 0 aliphatic rings. The molecule has 118 valence electrons. The van der Waals surface area contributed by atoms with E-state index in [1.165, 1.54) is 38.4 Å². The first kappa shape index (κ1) is 17.6. The van der Waals surface area contributed by atoms with E-state index in [9.17, 15) is 13.2 Å². The van der Waals surface area contributed by atoms with E-state index < -0.39 is 10.0 Å². The van der Waals surface area contributed by atoms with Crippen molar-refractivity contribution in [1.82, 2.24) is 9.37 Å². The maximum absolute atomic E-state index is 12.1. The lowest BCUT2D eigenvalue weighted by atomic mass is 10.2. The average Bonchev–Trinajstić information content (AvgIpc) is 2.50. The van der Waals surface area contributed by atoms with Crippen LogP contribution in [0.25, 0.3) is 0 Å². The van der Waals surface area contributed by atoms with Crippen LogP contribution in [0.3, 0.4) is 0 Å². The van der Waals surface area contributed by atoms with Crippen molar-refractivity contribution in [3.63, 3.8) is 0 Å². The predicted molar refractivity (Wildman–Crippen MR) is 80.3 cm³/mol. The molecule has 0 spiro atoms. The van der Waals surface area contributed by atoms with Crippen LogP contribution >= 0.6 is 0 Å². The highest BCUT2D eigenvalue weighted by Gasteiger charge is 2.21. The molecule has 0 unspecified atom stereocenters. The first-order valence-corrected chi connectivity index (χ1v) is 8.17. The smallest absolute Gasteiger partial charge is 0.264 e. The molecule has 21 heavy (non-hydrogen) atoms. The van der Waals surface area contributed by atoms with Gasteiger partial charge in [-0.1, -0.05) is 17.8 Å². The Morgan fingerprint density at radius 3 is 2.24 bits per heavy atom. The molecule has 0 aliphatic heterocycles. The minimum Gasteiger partial charge on any atom is -0.342 e. The summed E-state index contributed by atoms with van der Waals surface area (Å²) in [5, 5.41) is 0. The van der Waals surface area contributed by atoms with Gasteiger partial charge in [0.1, 0.15) is 0 Å². The summed E-state index contributed by atoms with van der Waals surface area (Å²) in [7, 11) is 0.646. The number of rotatable bonds is 7. The maximum atomic E-state index is 12.1. The van der Waals surface area contributed by atoms with Gasteiger partial charge in [0.15, 0.2) is 0 Å². The Morgan fingerprint density at radius 2 is 1.76 bits per heavy atom. The topological polar surface area (TPSA) is 66.9 Å². The molecule has 1 rings (SSSR count). The molecule has 0 saturated heterocycles. The van der Waals surface area contributed by atoms with Crippen LogP contribution in [0, 0.1) is 0 Å². The van der Waals surface area contributed by atoms with Crippen LogP contribution in [0.15, 0.2) is 29.2 Å². The zero-order chi connectivity index (χ0) is 16.0. The molecular weight excluding hydrogens is 292 g/mol. The Hall–Kier alpha value is -1.44. The van der Waals surface area contributed by atoms with E-state index in [0.717, 1.165) is 17.3 Å². The van der Waals surface area contributed by atoms with Crippen molar-refractivity contribution in [2.75, 3.05) is 27.7 Å². The molecule has 0 radical (unpaired) electrons. The second kappa shape index (κ2) is 7.53. The Bertz CT molecular complexity index is 569. The lowest BCUT2D eigenvalue weighted by Crippen LogP contribution is -2.28. The van der Waals surface area contributed by atoms with Gasteiger partial charge in [-0.2, -0.15) is 0 Å². The molecule has 0 aromatic heterocycles. The minimum absolute atomic E-state index is 0.0830. The molecule has 0 N–H and O–H groups in total. The summed E-state index contributed by atoms with van der Waals surface area (Å²) in [5.41, 5.74) is 0.465. The van der Waals surface area contributed by atoms with Crippen molar-refractivity contribution < 1.29 is 18.0 Å². The third-order valence-electron chi connectivity index (χ3n) is 3.19. The average molecular weight is 314 g/mol. The molecule has 1 amide bonds. The second-order valence-electron chi connectivity index (χ2n) is 4.70. The number of hydroxylamine groups is 1. The summed E-state index contributed by atoms with van der Waals surface area (Å²) in [4.78, 5) is 18.6. The van der Waals surface area contributed by atoms with Gasteiger partial charge in [0, 0.05) is 26.2 Å². The van der Waals surface area contributed by atoms with Crippen LogP contribution in [-0.2, 0) is 14.9 Å². The molecule has 0 fully saturated rings. The number of carbonyl (C=O) groups is 1. The summed E-state index contributed by atoms with van der Waals surface area (Å²) in [6.07, 6.45) is 1.95. The first-order valence-electron chi connectivity index (χ1n) is 6.73. The van der Waals surface area contributed by atoms with Crippen LogP contribution in [0.1, 0.15) is 30.1 Å². The monoisotopic (exact) mass is 314 g/mol. The summed E-state index contributed by atoms with van der Waals surface area (Å²) < 4.78 is 24.8. The number of sulfonamides is 1. The first-order chi connectivity index (χ1) is 9.84. The van der Waals surface area contributed by atoms with Gasteiger partial charge >= 0.3 is 0 Å². The zero-order valence-corrected chi connectivity index (χ0v) is 13.7. The van der Waals surface area contributed by atoms with Gasteiger partial charge in [0.25, 0.3) is 15.9 Å². The molecule has 1 aromatic carbocycles. The summed E-state index contributed by atoms with van der Waals surface area (Å²) >= 11 is 0. The van der Waals surface area contributed by atoms with Crippen LogP contribution < -0.4 is 0 Å². The van der Waals surface area contributed by atoms with Crippen LogP contribution in [0.5, 0.6) is 0 Å². The molecule has 0 atom stereocenters. The van der Waals surface area contributed by atoms with E-state index in [2.05, 4.69) is 6.92 Å². The van der Waals surface area contributed by atoms with Gasteiger partial charge < -0.3 is 4.90 Å². The molecule has 1 aromatic rings. The van der Waals surface area contributed by atoms with Crippen molar-refractivity contribution >= 4 is 15.9 Å². The van der Waals surface area contributed by atoms with E-state index in [1.807, 2.05) is 0 Å². The lowest BCUT2D eigenvalue weighted by molar-refractivity contribution is -0.0258. The molecule has 0 heterocycles. The Kier molecular flexibility index (Phi) is 6.32. The van der Waals surface area contributed by atoms with Gasteiger partial charge in [0.05, 0.1) is 12.0 Å². The van der Waals surface area contributed by atoms with Crippen LogP contribution in [0.4, 0.5) is 0 Å². The number of nitrogens with zero attached hydrogens (tertiary/aromatic N) is 2. The van der Waals surface area contributed by atoms with Gasteiger partial charge in [-0.3, -0.25) is 9.63 Å². The summed E-state index contributed by atoms with van der Waals surface area (Å²) in [6.45, 7) is 2.74. The van der Waals surface area contributed by atoms with Crippen molar-refractivity contribution in [1.29, 1.82) is 0 Å². The van der Waals surface area contributed by atoms with E-state index >= 15 is 0 Å². The van der Waals surface area contributed by atoms with E-state index in [1.54, 1.807) is 11.9 Å². The number of hydrogen-bond acceptors (Lipinski definition) is 4.